The van der Waals surface area contributed by atoms with Gasteiger partial charge in [0.15, 0.2) is 0 Å². The van der Waals surface area contributed by atoms with Crippen LogP contribution in [0, 0.1) is 0 Å². The van der Waals surface area contributed by atoms with Gasteiger partial charge in [-0.1, -0.05) is 22.0 Å². The molecular formula is C11H10BrNO. The summed E-state index contributed by atoms with van der Waals surface area (Å²) in [7, 11) is 0. The third-order valence-corrected chi connectivity index (χ3v) is 2.67. The minimum atomic E-state index is 0.660. The predicted octanol–water partition coefficient (Wildman–Crippen LogP) is 3.40. The SMILES string of the molecule is CCOc1ccc(Br)c2cccnc12. The predicted molar refractivity (Wildman–Crippen MR) is 60.6 cm³/mol. The van der Waals surface area contributed by atoms with Gasteiger partial charge in [0.1, 0.15) is 11.3 Å². The second-order valence-electron chi connectivity index (χ2n) is 2.88. The molecule has 0 radical (unpaired) electrons. The molecular weight excluding hydrogens is 242 g/mol. The van der Waals surface area contributed by atoms with Gasteiger partial charge in [-0.05, 0) is 25.1 Å². The Kier molecular flexibility index (Phi) is 2.68. The molecule has 2 rings (SSSR count). The third kappa shape index (κ3) is 1.60. The van der Waals surface area contributed by atoms with Crippen LogP contribution in [-0.2, 0) is 0 Å². The molecule has 1 aromatic heterocycles. The Morgan fingerprint density at radius 1 is 1.36 bits per heavy atom. The van der Waals surface area contributed by atoms with E-state index in [-0.39, 0.29) is 0 Å². The fraction of sp³-hybridized carbons (Fsp3) is 0.182. The molecule has 0 amide bonds. The smallest absolute Gasteiger partial charge is 0.145 e. The Morgan fingerprint density at radius 2 is 2.21 bits per heavy atom. The Bertz CT molecular complexity index is 456. The van der Waals surface area contributed by atoms with E-state index in [0.29, 0.717) is 6.61 Å². The molecule has 1 heterocycles. The van der Waals surface area contributed by atoms with Crippen LogP contribution in [0.2, 0.25) is 0 Å². The molecule has 0 saturated heterocycles. The number of fused-ring (bicyclic) bond motifs is 1. The van der Waals surface area contributed by atoms with E-state index in [2.05, 4.69) is 20.9 Å². The van der Waals surface area contributed by atoms with E-state index in [1.807, 2.05) is 31.2 Å². The van der Waals surface area contributed by atoms with E-state index < -0.39 is 0 Å². The lowest BCUT2D eigenvalue weighted by atomic mass is 10.2. The van der Waals surface area contributed by atoms with Gasteiger partial charge >= 0.3 is 0 Å². The topological polar surface area (TPSA) is 22.1 Å². The van der Waals surface area contributed by atoms with Crippen LogP contribution in [0.5, 0.6) is 5.75 Å². The highest BCUT2D eigenvalue weighted by Crippen LogP contribution is 2.29. The number of halogens is 1. The van der Waals surface area contributed by atoms with Crippen molar-refractivity contribution in [3.63, 3.8) is 0 Å². The summed E-state index contributed by atoms with van der Waals surface area (Å²) < 4.78 is 6.54. The third-order valence-electron chi connectivity index (χ3n) is 1.98. The van der Waals surface area contributed by atoms with Gasteiger partial charge in [-0.15, -0.1) is 0 Å². The molecule has 0 saturated carbocycles. The summed E-state index contributed by atoms with van der Waals surface area (Å²) in [5.41, 5.74) is 0.906. The number of pyridine rings is 1. The maximum atomic E-state index is 5.49. The monoisotopic (exact) mass is 251 g/mol. The van der Waals surface area contributed by atoms with Crippen molar-refractivity contribution in [2.45, 2.75) is 6.92 Å². The second kappa shape index (κ2) is 3.96. The van der Waals surface area contributed by atoms with Crippen LogP contribution >= 0.6 is 15.9 Å². The molecule has 1 aromatic carbocycles. The zero-order valence-corrected chi connectivity index (χ0v) is 9.41. The largest absolute Gasteiger partial charge is 0.492 e. The summed E-state index contributed by atoms with van der Waals surface area (Å²) in [5.74, 6) is 0.839. The molecule has 0 spiro atoms. The fourth-order valence-electron chi connectivity index (χ4n) is 1.38. The van der Waals surface area contributed by atoms with E-state index in [4.69, 9.17) is 4.74 Å². The first-order valence-electron chi connectivity index (χ1n) is 4.49. The van der Waals surface area contributed by atoms with Crippen LogP contribution < -0.4 is 4.74 Å². The van der Waals surface area contributed by atoms with Crippen LogP contribution in [-0.4, -0.2) is 11.6 Å². The number of aromatic nitrogens is 1. The quantitative estimate of drug-likeness (QED) is 0.817. The van der Waals surface area contributed by atoms with E-state index >= 15 is 0 Å². The summed E-state index contributed by atoms with van der Waals surface area (Å²) in [5, 5.41) is 1.08. The maximum Gasteiger partial charge on any atom is 0.145 e. The molecule has 0 unspecified atom stereocenters. The van der Waals surface area contributed by atoms with Crippen molar-refractivity contribution >= 4 is 26.8 Å². The first-order valence-corrected chi connectivity index (χ1v) is 5.28. The highest BCUT2D eigenvalue weighted by Gasteiger charge is 2.04. The van der Waals surface area contributed by atoms with E-state index in [1.165, 1.54) is 0 Å². The second-order valence-corrected chi connectivity index (χ2v) is 3.73. The van der Waals surface area contributed by atoms with Gasteiger partial charge in [0.2, 0.25) is 0 Å². The Labute approximate surface area is 91.0 Å². The first-order chi connectivity index (χ1) is 6.83. The fourth-order valence-corrected chi connectivity index (χ4v) is 1.84. The van der Waals surface area contributed by atoms with Crippen molar-refractivity contribution in [1.29, 1.82) is 0 Å². The van der Waals surface area contributed by atoms with Crippen molar-refractivity contribution in [2.24, 2.45) is 0 Å². The number of benzene rings is 1. The first kappa shape index (κ1) is 9.46. The number of hydrogen-bond acceptors (Lipinski definition) is 2. The standard InChI is InChI=1S/C11H10BrNO/c1-2-14-10-6-5-9(12)8-4-3-7-13-11(8)10/h3-7H,2H2,1H3. The summed E-state index contributed by atoms with van der Waals surface area (Å²) in [4.78, 5) is 4.31. The average molecular weight is 252 g/mol. The molecule has 0 aliphatic carbocycles. The number of ether oxygens (including phenoxy) is 1. The zero-order chi connectivity index (χ0) is 9.97. The van der Waals surface area contributed by atoms with E-state index in [0.717, 1.165) is 21.1 Å². The van der Waals surface area contributed by atoms with Crippen molar-refractivity contribution in [3.8, 4) is 5.75 Å². The molecule has 0 bridgehead atoms. The molecule has 2 aromatic rings. The lowest BCUT2D eigenvalue weighted by Crippen LogP contribution is -1.93. The van der Waals surface area contributed by atoms with Gasteiger partial charge < -0.3 is 4.74 Å². The van der Waals surface area contributed by atoms with Gasteiger partial charge in [-0.3, -0.25) is 4.98 Å². The van der Waals surface area contributed by atoms with Gasteiger partial charge in [0, 0.05) is 16.1 Å². The summed E-state index contributed by atoms with van der Waals surface area (Å²) >= 11 is 3.49. The lowest BCUT2D eigenvalue weighted by molar-refractivity contribution is 0.343. The van der Waals surface area contributed by atoms with Crippen LogP contribution in [0.3, 0.4) is 0 Å². The van der Waals surface area contributed by atoms with Crippen molar-refractivity contribution in [3.05, 3.63) is 34.9 Å². The van der Waals surface area contributed by atoms with Gasteiger partial charge in [0.05, 0.1) is 6.61 Å². The Hall–Kier alpha value is -1.09. The highest BCUT2D eigenvalue weighted by atomic mass is 79.9. The van der Waals surface area contributed by atoms with Crippen LogP contribution in [0.25, 0.3) is 10.9 Å². The Balaban J connectivity index is 2.68. The van der Waals surface area contributed by atoms with Crippen molar-refractivity contribution < 1.29 is 4.74 Å². The van der Waals surface area contributed by atoms with Gasteiger partial charge in [-0.2, -0.15) is 0 Å². The van der Waals surface area contributed by atoms with Crippen molar-refractivity contribution in [1.82, 2.24) is 4.98 Å². The summed E-state index contributed by atoms with van der Waals surface area (Å²) in [6.45, 7) is 2.63. The summed E-state index contributed by atoms with van der Waals surface area (Å²) in [6.07, 6.45) is 1.78. The molecule has 3 heteroatoms. The molecule has 72 valence electrons. The lowest BCUT2D eigenvalue weighted by Gasteiger charge is -2.07. The minimum absolute atomic E-state index is 0.660. The molecule has 0 aliphatic rings. The van der Waals surface area contributed by atoms with Crippen LogP contribution in [0.15, 0.2) is 34.9 Å². The molecule has 14 heavy (non-hydrogen) atoms. The van der Waals surface area contributed by atoms with Crippen LogP contribution in [0.4, 0.5) is 0 Å². The van der Waals surface area contributed by atoms with Gasteiger partial charge in [0.25, 0.3) is 0 Å². The molecule has 0 aliphatic heterocycles. The molecule has 0 N–H and O–H groups in total. The van der Waals surface area contributed by atoms with E-state index in [1.54, 1.807) is 6.20 Å². The van der Waals surface area contributed by atoms with E-state index in [9.17, 15) is 0 Å². The van der Waals surface area contributed by atoms with Crippen LogP contribution in [0.1, 0.15) is 6.92 Å². The van der Waals surface area contributed by atoms with Gasteiger partial charge in [-0.25, -0.2) is 0 Å². The minimum Gasteiger partial charge on any atom is -0.492 e. The number of nitrogens with zero attached hydrogens (tertiary/aromatic N) is 1. The zero-order valence-electron chi connectivity index (χ0n) is 7.83. The number of hydrogen-bond donors (Lipinski definition) is 0. The maximum absolute atomic E-state index is 5.49. The molecule has 2 nitrogen and oxygen atoms in total. The molecule has 0 atom stereocenters. The normalized spacial score (nSPS) is 10.4. The summed E-state index contributed by atoms with van der Waals surface area (Å²) in [6, 6.07) is 7.86. The Morgan fingerprint density at radius 3 is 3.00 bits per heavy atom. The highest BCUT2D eigenvalue weighted by molar-refractivity contribution is 9.10. The van der Waals surface area contributed by atoms with Crippen molar-refractivity contribution in [2.75, 3.05) is 6.61 Å². The molecule has 0 fully saturated rings. The average Bonchev–Trinajstić information content (AvgIpc) is 2.23. The number of rotatable bonds is 2.